The molecule has 0 aromatic carbocycles. The number of thiol groups is 1. The van der Waals surface area contributed by atoms with E-state index < -0.39 is 5.60 Å². The molecule has 0 radical (unpaired) electrons. The second-order valence-electron chi connectivity index (χ2n) is 2.98. The molecule has 0 amide bonds. The topological polar surface area (TPSA) is 32.3 Å². The average Bonchev–Trinajstić information content (AvgIpc) is 1.59. The predicted molar refractivity (Wildman–Crippen MR) is 47.3 cm³/mol. The van der Waals surface area contributed by atoms with Crippen molar-refractivity contribution in [2.45, 2.75) is 19.4 Å². The van der Waals surface area contributed by atoms with Gasteiger partial charge in [0, 0.05) is 13.1 Å². The summed E-state index contributed by atoms with van der Waals surface area (Å²) in [5.41, 5.74) is -0.650. The zero-order valence-electron chi connectivity index (χ0n) is 6.52. The summed E-state index contributed by atoms with van der Waals surface area (Å²) in [6, 6.07) is 0. The standard InChI is InChI=1S/C7H15NOS/c1-6(10)4-8-5-7(2,3)9/h8-10H,1,4-5H2,2-3H3. The summed E-state index contributed by atoms with van der Waals surface area (Å²) >= 11 is 3.99. The first-order valence-corrected chi connectivity index (χ1v) is 3.66. The highest BCUT2D eigenvalue weighted by Crippen LogP contribution is 1.98. The molecule has 0 aliphatic heterocycles. The van der Waals surface area contributed by atoms with Crippen molar-refractivity contribution >= 4 is 12.6 Å². The molecule has 0 saturated carbocycles. The maximum Gasteiger partial charge on any atom is 0.0715 e. The van der Waals surface area contributed by atoms with E-state index in [0.717, 1.165) is 4.91 Å². The van der Waals surface area contributed by atoms with Crippen LogP contribution in [0.3, 0.4) is 0 Å². The van der Waals surface area contributed by atoms with Crippen molar-refractivity contribution in [3.05, 3.63) is 11.5 Å². The Bertz CT molecular complexity index is 117. The fraction of sp³-hybridized carbons (Fsp3) is 0.714. The monoisotopic (exact) mass is 161 g/mol. The molecule has 0 spiro atoms. The molecule has 0 aliphatic rings. The van der Waals surface area contributed by atoms with Crippen LogP contribution in [-0.2, 0) is 0 Å². The summed E-state index contributed by atoms with van der Waals surface area (Å²) in [5, 5.41) is 12.2. The van der Waals surface area contributed by atoms with Crippen LogP contribution < -0.4 is 5.32 Å². The van der Waals surface area contributed by atoms with E-state index in [-0.39, 0.29) is 0 Å². The van der Waals surface area contributed by atoms with Gasteiger partial charge in [-0.15, -0.1) is 12.6 Å². The van der Waals surface area contributed by atoms with Gasteiger partial charge in [0.25, 0.3) is 0 Å². The van der Waals surface area contributed by atoms with Gasteiger partial charge in [-0.25, -0.2) is 0 Å². The fourth-order valence-electron chi connectivity index (χ4n) is 0.513. The SMILES string of the molecule is C=C(S)CNCC(C)(C)O. The molecule has 0 aromatic rings. The molecule has 3 heteroatoms. The fourth-order valence-corrected chi connectivity index (χ4v) is 0.624. The summed E-state index contributed by atoms with van der Waals surface area (Å²) in [4.78, 5) is 0.782. The summed E-state index contributed by atoms with van der Waals surface area (Å²) in [7, 11) is 0. The van der Waals surface area contributed by atoms with Crippen molar-refractivity contribution in [3.63, 3.8) is 0 Å². The molecule has 0 aliphatic carbocycles. The first-order chi connectivity index (χ1) is 4.42. The molecular weight excluding hydrogens is 146 g/mol. The van der Waals surface area contributed by atoms with Crippen molar-refractivity contribution < 1.29 is 5.11 Å². The molecule has 0 saturated heterocycles. The van der Waals surface area contributed by atoms with Crippen molar-refractivity contribution in [3.8, 4) is 0 Å². The van der Waals surface area contributed by atoms with Crippen LogP contribution in [0.1, 0.15) is 13.8 Å². The van der Waals surface area contributed by atoms with Gasteiger partial charge in [-0.2, -0.15) is 0 Å². The minimum absolute atomic E-state index is 0.562. The molecule has 0 unspecified atom stereocenters. The van der Waals surface area contributed by atoms with Gasteiger partial charge in [0.2, 0.25) is 0 Å². The Labute approximate surface area is 67.7 Å². The van der Waals surface area contributed by atoms with Gasteiger partial charge in [0.1, 0.15) is 0 Å². The van der Waals surface area contributed by atoms with Crippen LogP contribution in [0.15, 0.2) is 11.5 Å². The highest BCUT2D eigenvalue weighted by atomic mass is 32.1. The minimum Gasteiger partial charge on any atom is -0.389 e. The number of nitrogens with one attached hydrogen (secondary N) is 1. The number of rotatable bonds is 4. The normalized spacial score (nSPS) is 11.6. The summed E-state index contributed by atoms with van der Waals surface area (Å²) in [6.45, 7) is 8.31. The van der Waals surface area contributed by atoms with E-state index in [9.17, 15) is 5.11 Å². The van der Waals surface area contributed by atoms with Gasteiger partial charge >= 0.3 is 0 Å². The zero-order chi connectivity index (χ0) is 8.20. The maximum absolute atomic E-state index is 9.21. The third-order valence-corrected chi connectivity index (χ3v) is 1.04. The first kappa shape index (κ1) is 10.0. The Morgan fingerprint density at radius 2 is 2.20 bits per heavy atom. The van der Waals surface area contributed by atoms with Gasteiger partial charge in [-0.3, -0.25) is 0 Å². The summed E-state index contributed by atoms with van der Waals surface area (Å²) in [5.74, 6) is 0. The highest BCUT2D eigenvalue weighted by Gasteiger charge is 2.10. The Kier molecular flexibility index (Phi) is 4.01. The van der Waals surface area contributed by atoms with E-state index >= 15 is 0 Å². The lowest BCUT2D eigenvalue weighted by molar-refractivity contribution is 0.0809. The molecule has 0 aromatic heterocycles. The Balaban J connectivity index is 3.29. The Hall–Kier alpha value is 0.01000. The van der Waals surface area contributed by atoms with Crippen molar-refractivity contribution in [1.82, 2.24) is 5.32 Å². The van der Waals surface area contributed by atoms with Crippen LogP contribution in [-0.4, -0.2) is 23.8 Å². The molecule has 2 nitrogen and oxygen atoms in total. The van der Waals surface area contributed by atoms with Gasteiger partial charge < -0.3 is 10.4 Å². The van der Waals surface area contributed by atoms with Gasteiger partial charge in [0.05, 0.1) is 5.60 Å². The van der Waals surface area contributed by atoms with Gasteiger partial charge in [-0.1, -0.05) is 6.58 Å². The van der Waals surface area contributed by atoms with Crippen LogP contribution in [0.25, 0.3) is 0 Å². The lowest BCUT2D eigenvalue weighted by Crippen LogP contribution is -2.35. The predicted octanol–water partition coefficient (Wildman–Crippen LogP) is 0.790. The molecule has 0 rings (SSSR count). The van der Waals surface area contributed by atoms with Crippen molar-refractivity contribution in [1.29, 1.82) is 0 Å². The van der Waals surface area contributed by atoms with Crippen LogP contribution in [0.2, 0.25) is 0 Å². The molecule has 0 heterocycles. The molecule has 2 N–H and O–H groups in total. The van der Waals surface area contributed by atoms with Crippen LogP contribution >= 0.6 is 12.6 Å². The van der Waals surface area contributed by atoms with E-state index in [1.165, 1.54) is 0 Å². The van der Waals surface area contributed by atoms with Crippen LogP contribution in [0.4, 0.5) is 0 Å². The lowest BCUT2D eigenvalue weighted by Gasteiger charge is -2.17. The average molecular weight is 161 g/mol. The first-order valence-electron chi connectivity index (χ1n) is 3.21. The van der Waals surface area contributed by atoms with E-state index in [0.29, 0.717) is 13.1 Å². The second-order valence-corrected chi connectivity index (χ2v) is 3.61. The number of hydrogen-bond donors (Lipinski definition) is 3. The quantitative estimate of drug-likeness (QED) is 0.533. The highest BCUT2D eigenvalue weighted by molar-refractivity contribution is 7.84. The lowest BCUT2D eigenvalue weighted by atomic mass is 10.1. The largest absolute Gasteiger partial charge is 0.389 e. The molecule has 0 atom stereocenters. The maximum atomic E-state index is 9.21. The van der Waals surface area contributed by atoms with Crippen molar-refractivity contribution in [2.75, 3.05) is 13.1 Å². The minimum atomic E-state index is -0.650. The van der Waals surface area contributed by atoms with Gasteiger partial charge in [0.15, 0.2) is 0 Å². The summed E-state index contributed by atoms with van der Waals surface area (Å²) in [6.07, 6.45) is 0. The molecule has 60 valence electrons. The Morgan fingerprint density at radius 3 is 2.50 bits per heavy atom. The number of aliphatic hydroxyl groups is 1. The molecule has 0 fully saturated rings. The van der Waals surface area contributed by atoms with E-state index in [1.807, 2.05) is 0 Å². The number of hydrogen-bond acceptors (Lipinski definition) is 3. The van der Waals surface area contributed by atoms with Crippen LogP contribution in [0.5, 0.6) is 0 Å². The Morgan fingerprint density at radius 1 is 1.70 bits per heavy atom. The molecule has 10 heavy (non-hydrogen) atoms. The van der Waals surface area contributed by atoms with Crippen LogP contribution in [0, 0.1) is 0 Å². The smallest absolute Gasteiger partial charge is 0.0715 e. The third-order valence-electron chi connectivity index (χ3n) is 0.887. The van der Waals surface area contributed by atoms with Gasteiger partial charge in [-0.05, 0) is 18.8 Å². The summed E-state index contributed by atoms with van der Waals surface area (Å²) < 4.78 is 0. The third kappa shape index (κ3) is 8.01. The molecule has 0 bridgehead atoms. The van der Waals surface area contributed by atoms with E-state index in [4.69, 9.17) is 0 Å². The molecular formula is C7H15NOS. The second kappa shape index (κ2) is 4.01. The van der Waals surface area contributed by atoms with E-state index in [1.54, 1.807) is 13.8 Å². The zero-order valence-corrected chi connectivity index (χ0v) is 7.41. The van der Waals surface area contributed by atoms with Crippen molar-refractivity contribution in [2.24, 2.45) is 0 Å². The van der Waals surface area contributed by atoms with E-state index in [2.05, 4.69) is 24.5 Å².